The first-order valence-corrected chi connectivity index (χ1v) is 9.15. The number of carbonyl (C=O) groups excluding carboxylic acids is 1. The Labute approximate surface area is 124 Å². The number of hydrogen-bond donors (Lipinski definition) is 2. The van der Waals surface area contributed by atoms with Crippen LogP contribution in [0.2, 0.25) is 0 Å². The standard InChI is InChI=1S/C13H22N2O5S/c1-2-13(11(16)17)6-4-7-15(13)12(18)14-10-5-3-8-21(19,20)9-10/h10H,2-9H2,1H3,(H,14,18)(H,16,17). The molecule has 0 aromatic heterocycles. The lowest BCUT2D eigenvalue weighted by molar-refractivity contribution is -0.148. The Bertz CT molecular complexity index is 533. The molecular weight excluding hydrogens is 296 g/mol. The molecule has 2 heterocycles. The van der Waals surface area contributed by atoms with E-state index in [9.17, 15) is 23.1 Å². The molecule has 2 amide bonds. The molecule has 0 saturated carbocycles. The van der Waals surface area contributed by atoms with E-state index in [1.54, 1.807) is 6.92 Å². The van der Waals surface area contributed by atoms with Crippen LogP contribution in [0.3, 0.4) is 0 Å². The van der Waals surface area contributed by atoms with Gasteiger partial charge in [0, 0.05) is 12.6 Å². The predicted octanol–water partition coefficient (Wildman–Crippen LogP) is 0.602. The van der Waals surface area contributed by atoms with Crippen LogP contribution >= 0.6 is 0 Å². The summed E-state index contributed by atoms with van der Waals surface area (Å²) in [6, 6.07) is -0.876. The Morgan fingerprint density at radius 3 is 2.67 bits per heavy atom. The Hall–Kier alpha value is -1.31. The molecule has 0 spiro atoms. The molecule has 0 bridgehead atoms. The zero-order chi connectivity index (χ0) is 15.7. The lowest BCUT2D eigenvalue weighted by Crippen LogP contribution is -2.58. The van der Waals surface area contributed by atoms with Gasteiger partial charge in [0.15, 0.2) is 9.84 Å². The number of hydrogen-bond acceptors (Lipinski definition) is 4. The second-order valence-corrected chi connectivity index (χ2v) is 8.08. The van der Waals surface area contributed by atoms with Crippen LogP contribution in [0.5, 0.6) is 0 Å². The Morgan fingerprint density at radius 2 is 2.10 bits per heavy atom. The molecule has 2 fully saturated rings. The highest BCUT2D eigenvalue weighted by Crippen LogP contribution is 2.33. The number of carboxylic acids is 1. The number of rotatable bonds is 3. The van der Waals surface area contributed by atoms with E-state index in [-0.39, 0.29) is 11.5 Å². The summed E-state index contributed by atoms with van der Waals surface area (Å²) in [5, 5.41) is 12.2. The number of amides is 2. The molecular formula is C13H22N2O5S. The van der Waals surface area contributed by atoms with Crippen molar-refractivity contribution in [2.24, 2.45) is 0 Å². The topological polar surface area (TPSA) is 104 Å². The highest BCUT2D eigenvalue weighted by atomic mass is 32.2. The number of nitrogens with zero attached hydrogens (tertiary/aromatic N) is 1. The van der Waals surface area contributed by atoms with Crippen LogP contribution in [0.25, 0.3) is 0 Å². The zero-order valence-electron chi connectivity index (χ0n) is 12.2. The van der Waals surface area contributed by atoms with E-state index in [1.165, 1.54) is 4.90 Å². The summed E-state index contributed by atoms with van der Waals surface area (Å²) in [7, 11) is -3.10. The van der Waals surface area contributed by atoms with Crippen molar-refractivity contribution in [3.05, 3.63) is 0 Å². The van der Waals surface area contributed by atoms with E-state index in [1.807, 2.05) is 0 Å². The predicted molar refractivity (Wildman–Crippen MR) is 76.8 cm³/mol. The number of carbonyl (C=O) groups is 2. The summed E-state index contributed by atoms with van der Waals surface area (Å²) in [6.07, 6.45) is 2.58. The normalized spacial score (nSPS) is 31.9. The number of nitrogens with one attached hydrogen (secondary N) is 1. The fourth-order valence-corrected chi connectivity index (χ4v) is 4.94. The Morgan fingerprint density at radius 1 is 1.38 bits per heavy atom. The van der Waals surface area contributed by atoms with Crippen LogP contribution < -0.4 is 5.32 Å². The maximum Gasteiger partial charge on any atom is 0.329 e. The number of aliphatic carboxylic acids is 1. The van der Waals surface area contributed by atoms with E-state index in [2.05, 4.69) is 5.32 Å². The van der Waals surface area contributed by atoms with Crippen molar-refractivity contribution < 1.29 is 23.1 Å². The van der Waals surface area contributed by atoms with Gasteiger partial charge in [-0.2, -0.15) is 0 Å². The molecule has 8 heteroatoms. The monoisotopic (exact) mass is 318 g/mol. The van der Waals surface area contributed by atoms with Crippen molar-refractivity contribution in [3.8, 4) is 0 Å². The molecule has 0 aliphatic carbocycles. The van der Waals surface area contributed by atoms with Gasteiger partial charge in [-0.15, -0.1) is 0 Å². The van der Waals surface area contributed by atoms with Gasteiger partial charge in [-0.25, -0.2) is 18.0 Å². The fraction of sp³-hybridized carbons (Fsp3) is 0.846. The van der Waals surface area contributed by atoms with E-state index in [4.69, 9.17) is 0 Å². The third kappa shape index (κ3) is 3.14. The number of likely N-dealkylation sites (tertiary alicyclic amines) is 1. The molecule has 0 aromatic rings. The first-order valence-electron chi connectivity index (χ1n) is 7.33. The van der Waals surface area contributed by atoms with Crippen molar-refractivity contribution in [1.29, 1.82) is 0 Å². The second kappa shape index (κ2) is 5.82. The van der Waals surface area contributed by atoms with Crippen LogP contribution in [-0.2, 0) is 14.6 Å². The van der Waals surface area contributed by atoms with Crippen molar-refractivity contribution in [2.45, 2.75) is 50.6 Å². The van der Waals surface area contributed by atoms with Crippen LogP contribution in [0, 0.1) is 0 Å². The van der Waals surface area contributed by atoms with Gasteiger partial charge in [-0.1, -0.05) is 6.92 Å². The maximum atomic E-state index is 12.4. The van der Waals surface area contributed by atoms with Crippen molar-refractivity contribution in [3.63, 3.8) is 0 Å². The highest BCUT2D eigenvalue weighted by molar-refractivity contribution is 7.91. The van der Waals surface area contributed by atoms with E-state index < -0.39 is 33.4 Å². The summed E-state index contributed by atoms with van der Waals surface area (Å²) in [5.74, 6) is -0.885. The minimum absolute atomic E-state index is 0.0568. The average Bonchev–Trinajstić information content (AvgIpc) is 2.82. The maximum absolute atomic E-state index is 12.4. The third-order valence-corrected chi connectivity index (χ3v) is 6.33. The summed E-state index contributed by atoms with van der Waals surface area (Å²) in [4.78, 5) is 25.3. The number of urea groups is 1. The van der Waals surface area contributed by atoms with Crippen LogP contribution in [0.15, 0.2) is 0 Å². The lowest BCUT2D eigenvalue weighted by Gasteiger charge is -2.35. The minimum atomic E-state index is -3.10. The van der Waals surface area contributed by atoms with Crippen LogP contribution in [-0.4, -0.2) is 60.1 Å². The fourth-order valence-electron chi connectivity index (χ4n) is 3.30. The molecule has 2 rings (SSSR count). The van der Waals surface area contributed by atoms with E-state index in [0.29, 0.717) is 38.6 Å². The summed E-state index contributed by atoms with van der Waals surface area (Å²) < 4.78 is 23.2. The Kier molecular flexibility index (Phi) is 4.46. The smallest absolute Gasteiger partial charge is 0.329 e. The first kappa shape index (κ1) is 16.1. The van der Waals surface area contributed by atoms with Gasteiger partial charge in [0.1, 0.15) is 5.54 Å². The van der Waals surface area contributed by atoms with Gasteiger partial charge >= 0.3 is 12.0 Å². The molecule has 7 nitrogen and oxygen atoms in total. The third-order valence-electron chi connectivity index (χ3n) is 4.51. The molecule has 2 N–H and O–H groups in total. The van der Waals surface area contributed by atoms with Gasteiger partial charge in [0.05, 0.1) is 11.5 Å². The van der Waals surface area contributed by atoms with Gasteiger partial charge in [-0.05, 0) is 32.1 Å². The molecule has 2 aliphatic heterocycles. The lowest BCUT2D eigenvalue weighted by atomic mass is 9.93. The summed E-state index contributed by atoms with van der Waals surface area (Å²) in [6.45, 7) is 2.15. The molecule has 0 radical (unpaired) electrons. The van der Waals surface area contributed by atoms with Crippen molar-refractivity contribution >= 4 is 21.8 Å². The molecule has 2 saturated heterocycles. The van der Waals surface area contributed by atoms with E-state index >= 15 is 0 Å². The molecule has 2 aliphatic rings. The van der Waals surface area contributed by atoms with Gasteiger partial charge in [0.2, 0.25) is 0 Å². The number of sulfone groups is 1. The van der Waals surface area contributed by atoms with E-state index in [0.717, 1.165) is 0 Å². The SMILES string of the molecule is CCC1(C(=O)O)CCCN1C(=O)NC1CCCS(=O)(=O)C1. The highest BCUT2D eigenvalue weighted by Gasteiger charge is 2.49. The largest absolute Gasteiger partial charge is 0.479 e. The van der Waals surface area contributed by atoms with Gasteiger partial charge in [-0.3, -0.25) is 0 Å². The van der Waals surface area contributed by atoms with Crippen molar-refractivity contribution in [1.82, 2.24) is 10.2 Å². The zero-order valence-corrected chi connectivity index (χ0v) is 13.0. The van der Waals surface area contributed by atoms with Gasteiger partial charge in [0.25, 0.3) is 0 Å². The van der Waals surface area contributed by atoms with Gasteiger partial charge < -0.3 is 15.3 Å². The van der Waals surface area contributed by atoms with Crippen LogP contribution in [0.4, 0.5) is 4.79 Å². The average molecular weight is 318 g/mol. The quantitative estimate of drug-likeness (QED) is 0.793. The first-order chi connectivity index (χ1) is 9.81. The second-order valence-electron chi connectivity index (χ2n) is 5.85. The molecule has 120 valence electrons. The molecule has 2 atom stereocenters. The van der Waals surface area contributed by atoms with Crippen LogP contribution in [0.1, 0.15) is 39.0 Å². The number of carboxylic acid groups (broad SMARTS) is 1. The summed E-state index contributed by atoms with van der Waals surface area (Å²) in [5.41, 5.74) is -1.16. The summed E-state index contributed by atoms with van der Waals surface area (Å²) >= 11 is 0. The molecule has 2 unspecified atom stereocenters. The van der Waals surface area contributed by atoms with Crippen molar-refractivity contribution in [2.75, 3.05) is 18.1 Å². The minimum Gasteiger partial charge on any atom is -0.479 e. The Balaban J connectivity index is 2.07. The molecule has 21 heavy (non-hydrogen) atoms. The molecule has 0 aromatic carbocycles.